The third-order valence-corrected chi connectivity index (χ3v) is 5.82. The fourth-order valence-electron chi connectivity index (χ4n) is 3.37. The number of hydrogen-bond acceptors (Lipinski definition) is 6. The zero-order valence-corrected chi connectivity index (χ0v) is 17.5. The number of alkyl halides is 3. The van der Waals surface area contributed by atoms with E-state index in [1.807, 2.05) is 22.4 Å². The van der Waals surface area contributed by atoms with Crippen molar-refractivity contribution in [2.45, 2.75) is 19.6 Å². The predicted molar refractivity (Wildman–Crippen MR) is 110 cm³/mol. The number of hydrogen-bond donors (Lipinski definition) is 1. The smallest absolute Gasteiger partial charge is 0.416 e. The topological polar surface area (TPSA) is 67.6 Å². The standard InChI is InChI=1S/C21H20F3N3O3S/c1-13-18(26-20(30-13)17-3-2-10-31-17)19(28)25-12-14-4-5-15(11-16(14)21(22,23)24)27-6-8-29-9-7-27/h2-5,10-11H,6-9,12H2,1H3,(H,25,28). The molecule has 0 spiro atoms. The highest BCUT2D eigenvalue weighted by atomic mass is 32.1. The molecule has 1 aliphatic rings. The van der Waals surface area contributed by atoms with E-state index in [-0.39, 0.29) is 17.8 Å². The Balaban J connectivity index is 1.52. The number of amides is 1. The molecule has 0 saturated carbocycles. The lowest BCUT2D eigenvalue weighted by Gasteiger charge is -2.29. The van der Waals surface area contributed by atoms with E-state index >= 15 is 0 Å². The van der Waals surface area contributed by atoms with Crippen LogP contribution in [0.5, 0.6) is 0 Å². The maximum Gasteiger partial charge on any atom is 0.416 e. The summed E-state index contributed by atoms with van der Waals surface area (Å²) in [6, 6.07) is 7.81. The first kappa shape index (κ1) is 21.4. The number of nitrogens with zero attached hydrogens (tertiary/aromatic N) is 2. The Morgan fingerprint density at radius 1 is 1.26 bits per heavy atom. The normalized spacial score (nSPS) is 14.6. The lowest BCUT2D eigenvalue weighted by molar-refractivity contribution is -0.138. The Hall–Kier alpha value is -2.85. The van der Waals surface area contributed by atoms with Gasteiger partial charge in [-0.3, -0.25) is 4.79 Å². The molecule has 0 aliphatic carbocycles. The van der Waals surface area contributed by atoms with Crippen molar-refractivity contribution >= 4 is 22.9 Å². The highest BCUT2D eigenvalue weighted by Gasteiger charge is 2.34. The van der Waals surface area contributed by atoms with Gasteiger partial charge in [0.15, 0.2) is 5.69 Å². The second kappa shape index (κ2) is 8.72. The summed E-state index contributed by atoms with van der Waals surface area (Å²) in [5, 5.41) is 4.39. The molecule has 1 N–H and O–H groups in total. The average Bonchev–Trinajstić information content (AvgIpc) is 3.42. The quantitative estimate of drug-likeness (QED) is 0.619. The van der Waals surface area contributed by atoms with Crippen molar-refractivity contribution in [2.75, 3.05) is 31.2 Å². The van der Waals surface area contributed by atoms with Crippen LogP contribution in [-0.4, -0.2) is 37.2 Å². The molecule has 164 valence electrons. The van der Waals surface area contributed by atoms with E-state index in [2.05, 4.69) is 10.3 Å². The van der Waals surface area contributed by atoms with Crippen LogP contribution in [0.2, 0.25) is 0 Å². The third-order valence-electron chi connectivity index (χ3n) is 4.96. The van der Waals surface area contributed by atoms with Gasteiger partial charge in [-0.25, -0.2) is 4.98 Å². The second-order valence-corrected chi connectivity index (χ2v) is 7.97. The van der Waals surface area contributed by atoms with Gasteiger partial charge in [-0.1, -0.05) is 12.1 Å². The highest BCUT2D eigenvalue weighted by molar-refractivity contribution is 7.13. The van der Waals surface area contributed by atoms with Crippen LogP contribution in [0.3, 0.4) is 0 Å². The minimum atomic E-state index is -4.54. The minimum Gasteiger partial charge on any atom is -0.440 e. The van der Waals surface area contributed by atoms with Gasteiger partial charge in [0.1, 0.15) is 5.76 Å². The number of aryl methyl sites for hydroxylation is 1. The molecule has 4 rings (SSSR count). The summed E-state index contributed by atoms with van der Waals surface area (Å²) in [6.45, 7) is 3.33. The number of benzene rings is 1. The molecule has 1 fully saturated rings. The third kappa shape index (κ3) is 4.75. The Labute approximate surface area is 180 Å². The monoisotopic (exact) mass is 451 g/mol. The minimum absolute atomic E-state index is 0.0162. The fourth-order valence-corrected chi connectivity index (χ4v) is 4.02. The van der Waals surface area contributed by atoms with Crippen molar-refractivity contribution in [3.8, 4) is 10.8 Å². The summed E-state index contributed by atoms with van der Waals surface area (Å²) >= 11 is 1.41. The molecule has 0 unspecified atom stereocenters. The van der Waals surface area contributed by atoms with Crippen LogP contribution in [0.25, 0.3) is 10.8 Å². The molecule has 0 bridgehead atoms. The van der Waals surface area contributed by atoms with Crippen LogP contribution >= 0.6 is 11.3 Å². The van der Waals surface area contributed by atoms with Gasteiger partial charge in [0, 0.05) is 25.3 Å². The summed E-state index contributed by atoms with van der Waals surface area (Å²) in [4.78, 5) is 19.4. The van der Waals surface area contributed by atoms with E-state index in [1.54, 1.807) is 13.0 Å². The first-order chi connectivity index (χ1) is 14.8. The van der Waals surface area contributed by atoms with Crippen molar-refractivity contribution < 1.29 is 27.1 Å². The first-order valence-electron chi connectivity index (χ1n) is 9.65. The van der Waals surface area contributed by atoms with E-state index in [9.17, 15) is 18.0 Å². The maximum absolute atomic E-state index is 13.7. The Morgan fingerprint density at radius 2 is 2.03 bits per heavy atom. The van der Waals surface area contributed by atoms with Crippen molar-refractivity contribution in [1.82, 2.24) is 10.3 Å². The molecule has 2 aromatic heterocycles. The SMILES string of the molecule is Cc1oc(-c2cccs2)nc1C(=O)NCc1ccc(N2CCOCC2)cc1C(F)(F)F. The molecule has 10 heteroatoms. The van der Waals surface area contributed by atoms with Crippen LogP contribution in [0.4, 0.5) is 18.9 Å². The van der Waals surface area contributed by atoms with E-state index in [0.717, 1.165) is 10.9 Å². The molecule has 1 saturated heterocycles. The van der Waals surface area contributed by atoms with Gasteiger partial charge in [0.2, 0.25) is 5.89 Å². The van der Waals surface area contributed by atoms with Gasteiger partial charge >= 0.3 is 6.18 Å². The number of aromatic nitrogens is 1. The number of halogens is 3. The van der Waals surface area contributed by atoms with Gasteiger partial charge in [-0.2, -0.15) is 13.2 Å². The number of thiophene rings is 1. The van der Waals surface area contributed by atoms with Gasteiger partial charge in [-0.05, 0) is 36.1 Å². The Bertz CT molecular complexity index is 1060. The zero-order valence-electron chi connectivity index (χ0n) is 16.7. The lowest BCUT2D eigenvalue weighted by Crippen LogP contribution is -2.36. The maximum atomic E-state index is 13.7. The number of rotatable bonds is 5. The summed E-state index contributed by atoms with van der Waals surface area (Å²) in [5.74, 6) is 0.0255. The number of ether oxygens (including phenoxy) is 1. The van der Waals surface area contributed by atoms with E-state index in [0.29, 0.717) is 43.6 Å². The van der Waals surface area contributed by atoms with Crippen molar-refractivity contribution in [3.63, 3.8) is 0 Å². The van der Waals surface area contributed by atoms with Gasteiger partial charge < -0.3 is 19.4 Å². The van der Waals surface area contributed by atoms with Crippen molar-refractivity contribution in [1.29, 1.82) is 0 Å². The molecule has 1 aliphatic heterocycles. The highest BCUT2D eigenvalue weighted by Crippen LogP contribution is 2.35. The second-order valence-electron chi connectivity index (χ2n) is 7.02. The molecule has 0 atom stereocenters. The Kier molecular flexibility index (Phi) is 6.01. The number of carbonyl (C=O) groups is 1. The van der Waals surface area contributed by atoms with Gasteiger partial charge in [-0.15, -0.1) is 11.3 Å². The number of carbonyl (C=O) groups excluding carboxylic acids is 1. The fraction of sp³-hybridized carbons (Fsp3) is 0.333. The van der Waals surface area contributed by atoms with Crippen LogP contribution in [0.1, 0.15) is 27.4 Å². The van der Waals surface area contributed by atoms with E-state index < -0.39 is 17.6 Å². The van der Waals surface area contributed by atoms with Crippen LogP contribution in [-0.2, 0) is 17.5 Å². The number of nitrogens with one attached hydrogen (secondary N) is 1. The molecule has 6 nitrogen and oxygen atoms in total. The van der Waals surface area contributed by atoms with Crippen molar-refractivity contribution in [2.24, 2.45) is 0 Å². The summed E-state index contributed by atoms with van der Waals surface area (Å²) in [7, 11) is 0. The molecular weight excluding hydrogens is 431 g/mol. The predicted octanol–water partition coefficient (Wildman–Crippen LogP) is 4.50. The lowest BCUT2D eigenvalue weighted by atomic mass is 10.0. The van der Waals surface area contributed by atoms with Crippen LogP contribution in [0.15, 0.2) is 40.1 Å². The molecule has 0 radical (unpaired) electrons. The summed E-state index contributed by atoms with van der Waals surface area (Å²) in [5.41, 5.74) is -0.244. The van der Waals surface area contributed by atoms with Crippen LogP contribution < -0.4 is 10.2 Å². The number of oxazole rings is 1. The van der Waals surface area contributed by atoms with Gasteiger partial charge in [0.25, 0.3) is 5.91 Å². The average molecular weight is 451 g/mol. The Morgan fingerprint density at radius 3 is 2.71 bits per heavy atom. The van der Waals surface area contributed by atoms with Gasteiger partial charge in [0.05, 0.1) is 23.7 Å². The largest absolute Gasteiger partial charge is 0.440 e. The van der Waals surface area contributed by atoms with E-state index in [1.165, 1.54) is 17.4 Å². The molecule has 3 aromatic rings. The molecule has 1 aromatic carbocycles. The summed E-state index contributed by atoms with van der Waals surface area (Å²) in [6.07, 6.45) is -4.54. The van der Waals surface area contributed by atoms with Crippen molar-refractivity contribution in [3.05, 3.63) is 58.3 Å². The first-order valence-corrected chi connectivity index (χ1v) is 10.5. The molecule has 1 amide bonds. The number of morpholine rings is 1. The zero-order chi connectivity index (χ0) is 22.0. The molecular formula is C21H20F3N3O3S. The van der Waals surface area contributed by atoms with Crippen LogP contribution in [0, 0.1) is 6.92 Å². The van der Waals surface area contributed by atoms with E-state index in [4.69, 9.17) is 9.15 Å². The summed E-state index contributed by atoms with van der Waals surface area (Å²) < 4.78 is 51.9. The molecule has 3 heterocycles. The molecule has 31 heavy (non-hydrogen) atoms. The number of anilines is 1.